The third-order valence-corrected chi connectivity index (χ3v) is 4.55. The van der Waals surface area contributed by atoms with E-state index in [1.807, 2.05) is 12.1 Å². The second-order valence-electron chi connectivity index (χ2n) is 6.01. The Hall–Kier alpha value is -3.07. The van der Waals surface area contributed by atoms with Crippen molar-refractivity contribution >= 4 is 27.6 Å². The molecule has 1 aromatic heterocycles. The summed E-state index contributed by atoms with van der Waals surface area (Å²) in [5.74, 6) is 1.84. The largest absolute Gasteiger partial charge is 0.456 e. The fourth-order valence-corrected chi connectivity index (χ4v) is 3.41. The molecule has 0 saturated heterocycles. The monoisotopic (exact) mass is 312 g/mol. The van der Waals surface area contributed by atoms with Crippen LogP contribution in [0.3, 0.4) is 0 Å². The summed E-state index contributed by atoms with van der Waals surface area (Å²) in [4.78, 5) is 4.56. The Morgan fingerprint density at radius 2 is 1.67 bits per heavy atom. The lowest BCUT2D eigenvalue weighted by Gasteiger charge is -2.07. The zero-order valence-corrected chi connectivity index (χ0v) is 13.1. The zero-order valence-electron chi connectivity index (χ0n) is 13.1. The molecule has 0 radical (unpaired) electrons. The summed E-state index contributed by atoms with van der Waals surface area (Å²) in [6.45, 7) is 1.73. The normalized spacial score (nSPS) is 14.1. The lowest BCUT2D eigenvalue weighted by Crippen LogP contribution is -2.20. The standard InChI is InChI=1S/C21H16N2O/c1-2-6-15-14(5-1)9-10-19-18(15)13-20(24-19)16-7-3-4-8-17(16)21-22-11-12-23-21/h1-10,13H,11-12H2,(H,22,23). The van der Waals surface area contributed by atoms with Gasteiger partial charge in [-0.25, -0.2) is 0 Å². The summed E-state index contributed by atoms with van der Waals surface area (Å²) in [7, 11) is 0. The summed E-state index contributed by atoms with van der Waals surface area (Å²) < 4.78 is 6.18. The first-order valence-corrected chi connectivity index (χ1v) is 8.19. The van der Waals surface area contributed by atoms with Gasteiger partial charge in [0.1, 0.15) is 17.2 Å². The fraction of sp³-hybridized carbons (Fsp3) is 0.0952. The molecule has 1 N–H and O–H groups in total. The highest BCUT2D eigenvalue weighted by Gasteiger charge is 2.16. The molecule has 0 atom stereocenters. The van der Waals surface area contributed by atoms with Crippen LogP contribution in [0.25, 0.3) is 33.1 Å². The van der Waals surface area contributed by atoms with Crippen LogP contribution in [-0.4, -0.2) is 18.9 Å². The van der Waals surface area contributed by atoms with Crippen LogP contribution in [0.5, 0.6) is 0 Å². The first-order chi connectivity index (χ1) is 11.9. The van der Waals surface area contributed by atoms with Crippen molar-refractivity contribution in [2.45, 2.75) is 0 Å². The van der Waals surface area contributed by atoms with Crippen molar-refractivity contribution in [1.29, 1.82) is 0 Å². The number of nitrogens with zero attached hydrogens (tertiary/aromatic N) is 1. The molecule has 0 saturated carbocycles. The molecule has 1 aliphatic rings. The lowest BCUT2D eigenvalue weighted by atomic mass is 10.0. The van der Waals surface area contributed by atoms with E-state index in [0.29, 0.717) is 0 Å². The predicted molar refractivity (Wildman–Crippen MR) is 98.6 cm³/mol. The number of nitrogens with one attached hydrogen (secondary N) is 1. The molecule has 2 heterocycles. The van der Waals surface area contributed by atoms with E-state index in [0.717, 1.165) is 46.8 Å². The van der Waals surface area contributed by atoms with Gasteiger partial charge >= 0.3 is 0 Å². The van der Waals surface area contributed by atoms with Gasteiger partial charge in [0.05, 0.1) is 6.54 Å². The van der Waals surface area contributed by atoms with Crippen LogP contribution in [-0.2, 0) is 0 Å². The van der Waals surface area contributed by atoms with Gasteiger partial charge in [-0.15, -0.1) is 0 Å². The van der Waals surface area contributed by atoms with Crippen molar-refractivity contribution in [1.82, 2.24) is 5.32 Å². The third kappa shape index (κ3) is 2.02. The lowest BCUT2D eigenvalue weighted by molar-refractivity contribution is 0.631. The van der Waals surface area contributed by atoms with E-state index >= 15 is 0 Å². The summed E-state index contributed by atoms with van der Waals surface area (Å²) in [6, 6.07) is 23.0. The van der Waals surface area contributed by atoms with E-state index in [2.05, 4.69) is 64.9 Å². The molecule has 3 nitrogen and oxygen atoms in total. The van der Waals surface area contributed by atoms with E-state index in [9.17, 15) is 0 Å². The Morgan fingerprint density at radius 1 is 0.833 bits per heavy atom. The second-order valence-corrected chi connectivity index (χ2v) is 6.01. The van der Waals surface area contributed by atoms with Gasteiger partial charge in [-0.05, 0) is 22.9 Å². The molecule has 24 heavy (non-hydrogen) atoms. The average molecular weight is 312 g/mol. The van der Waals surface area contributed by atoms with Crippen LogP contribution in [0.1, 0.15) is 5.56 Å². The van der Waals surface area contributed by atoms with Crippen LogP contribution < -0.4 is 5.32 Å². The number of benzene rings is 3. The van der Waals surface area contributed by atoms with Gasteiger partial charge in [-0.2, -0.15) is 0 Å². The van der Waals surface area contributed by atoms with Crippen LogP contribution in [0.2, 0.25) is 0 Å². The van der Waals surface area contributed by atoms with Gasteiger partial charge in [0.2, 0.25) is 0 Å². The smallest absolute Gasteiger partial charge is 0.136 e. The van der Waals surface area contributed by atoms with E-state index in [1.54, 1.807) is 0 Å². The molecule has 116 valence electrons. The van der Waals surface area contributed by atoms with Crippen LogP contribution in [0.15, 0.2) is 76.1 Å². The van der Waals surface area contributed by atoms with Crippen molar-refractivity contribution in [2.75, 3.05) is 13.1 Å². The van der Waals surface area contributed by atoms with Gasteiger partial charge in [-0.3, -0.25) is 4.99 Å². The molecule has 0 unspecified atom stereocenters. The molecule has 0 bridgehead atoms. The highest BCUT2D eigenvalue weighted by Crippen LogP contribution is 2.34. The number of hydrogen-bond acceptors (Lipinski definition) is 3. The molecule has 0 amide bonds. The van der Waals surface area contributed by atoms with Crippen LogP contribution >= 0.6 is 0 Å². The first kappa shape index (κ1) is 13.4. The highest BCUT2D eigenvalue weighted by atomic mass is 16.3. The number of amidine groups is 1. The molecule has 3 heteroatoms. The highest BCUT2D eigenvalue weighted by molar-refractivity contribution is 6.09. The first-order valence-electron chi connectivity index (χ1n) is 8.19. The Bertz CT molecular complexity index is 1090. The molecule has 4 aromatic rings. The summed E-state index contributed by atoms with van der Waals surface area (Å²) in [5.41, 5.74) is 3.09. The maximum atomic E-state index is 6.18. The van der Waals surface area contributed by atoms with Gasteiger partial charge in [0, 0.05) is 23.1 Å². The number of fused-ring (bicyclic) bond motifs is 3. The molecule has 5 rings (SSSR count). The summed E-state index contributed by atoms with van der Waals surface area (Å²) in [6.07, 6.45) is 0. The van der Waals surface area contributed by atoms with Crippen molar-refractivity contribution in [2.24, 2.45) is 4.99 Å². The van der Waals surface area contributed by atoms with Crippen molar-refractivity contribution in [3.05, 3.63) is 72.3 Å². The third-order valence-electron chi connectivity index (χ3n) is 4.55. The van der Waals surface area contributed by atoms with Crippen molar-refractivity contribution in [3.63, 3.8) is 0 Å². The molecular formula is C21H16N2O. The fourth-order valence-electron chi connectivity index (χ4n) is 3.41. The van der Waals surface area contributed by atoms with Crippen LogP contribution in [0.4, 0.5) is 0 Å². The minimum atomic E-state index is 0.828. The second kappa shape index (κ2) is 5.24. The minimum Gasteiger partial charge on any atom is -0.456 e. The summed E-state index contributed by atoms with van der Waals surface area (Å²) >= 11 is 0. The van der Waals surface area contributed by atoms with Gasteiger partial charge in [0.25, 0.3) is 0 Å². The van der Waals surface area contributed by atoms with Crippen molar-refractivity contribution in [3.8, 4) is 11.3 Å². The molecular weight excluding hydrogens is 296 g/mol. The van der Waals surface area contributed by atoms with Gasteiger partial charge < -0.3 is 9.73 Å². The Labute approximate surface area is 139 Å². The molecule has 0 fully saturated rings. The minimum absolute atomic E-state index is 0.828. The van der Waals surface area contributed by atoms with E-state index < -0.39 is 0 Å². The number of aliphatic imine (C=N–C) groups is 1. The zero-order chi connectivity index (χ0) is 15.9. The van der Waals surface area contributed by atoms with Gasteiger partial charge in [0.15, 0.2) is 0 Å². The maximum absolute atomic E-state index is 6.18. The SMILES string of the molecule is c1ccc(-c2cc3c(ccc4ccccc43)o2)c(C2=NCCN2)c1. The van der Waals surface area contributed by atoms with Gasteiger partial charge in [-0.1, -0.05) is 54.6 Å². The average Bonchev–Trinajstić information content (AvgIpc) is 3.31. The van der Waals surface area contributed by atoms with E-state index in [4.69, 9.17) is 4.42 Å². The predicted octanol–water partition coefficient (Wildman–Crippen LogP) is 4.60. The number of hydrogen-bond donors (Lipinski definition) is 1. The Kier molecular flexibility index (Phi) is 2.92. The molecule has 0 spiro atoms. The Morgan fingerprint density at radius 3 is 2.54 bits per heavy atom. The Balaban J connectivity index is 1.74. The molecule has 0 aliphatic carbocycles. The van der Waals surface area contributed by atoms with E-state index in [-0.39, 0.29) is 0 Å². The number of rotatable bonds is 2. The maximum Gasteiger partial charge on any atom is 0.136 e. The molecule has 1 aliphatic heterocycles. The number of furan rings is 1. The quantitative estimate of drug-likeness (QED) is 0.587. The van der Waals surface area contributed by atoms with Crippen molar-refractivity contribution < 1.29 is 4.42 Å². The molecule has 3 aromatic carbocycles. The van der Waals surface area contributed by atoms with E-state index in [1.165, 1.54) is 10.8 Å². The van der Waals surface area contributed by atoms with Crippen LogP contribution in [0, 0.1) is 0 Å². The summed E-state index contributed by atoms with van der Waals surface area (Å²) in [5, 5.41) is 6.96. The topological polar surface area (TPSA) is 37.5 Å².